The van der Waals surface area contributed by atoms with Gasteiger partial charge in [-0.05, 0) is 13.0 Å². The fraction of sp³-hybridized carbons (Fsp3) is 0.500. The van der Waals surface area contributed by atoms with Crippen molar-refractivity contribution in [1.29, 1.82) is 0 Å². The van der Waals surface area contributed by atoms with Gasteiger partial charge in [0.15, 0.2) is 4.88 Å². The number of hydrogen-bond acceptors (Lipinski definition) is 4. The van der Waals surface area contributed by atoms with E-state index in [9.17, 15) is 18.0 Å². The lowest BCUT2D eigenvalue weighted by Crippen LogP contribution is -2.19. The van der Waals surface area contributed by atoms with Crippen molar-refractivity contribution in [3.05, 3.63) is 15.8 Å². The fourth-order valence-corrected chi connectivity index (χ4v) is 1.94. The third kappa shape index (κ3) is 4.92. The van der Waals surface area contributed by atoms with Crippen LogP contribution < -0.4 is 4.74 Å². The summed E-state index contributed by atoms with van der Waals surface area (Å²) in [5.41, 5.74) is 0. The van der Waals surface area contributed by atoms with Crippen molar-refractivity contribution in [1.82, 2.24) is 0 Å². The van der Waals surface area contributed by atoms with E-state index in [4.69, 9.17) is 9.84 Å². The first kappa shape index (κ1) is 14.8. The van der Waals surface area contributed by atoms with E-state index in [1.807, 2.05) is 0 Å². The number of rotatable bonds is 6. The van der Waals surface area contributed by atoms with Crippen LogP contribution in [-0.4, -0.2) is 37.1 Å². The molecule has 0 radical (unpaired) electrons. The maximum absolute atomic E-state index is 11.7. The average molecular weight is 284 g/mol. The number of aryl methyl sites for hydroxylation is 1. The summed E-state index contributed by atoms with van der Waals surface area (Å²) in [7, 11) is 0. The van der Waals surface area contributed by atoms with Crippen molar-refractivity contribution < 1.29 is 32.5 Å². The zero-order valence-electron chi connectivity index (χ0n) is 9.41. The van der Waals surface area contributed by atoms with Crippen molar-refractivity contribution in [2.24, 2.45) is 0 Å². The summed E-state index contributed by atoms with van der Waals surface area (Å²) in [6, 6.07) is 1.53. The molecular weight excluding hydrogens is 273 g/mol. The second-order valence-corrected chi connectivity index (χ2v) is 4.63. The number of thiophene rings is 1. The minimum Gasteiger partial charge on any atom is -0.489 e. The van der Waals surface area contributed by atoms with Crippen molar-refractivity contribution >= 4 is 17.3 Å². The summed E-state index contributed by atoms with van der Waals surface area (Å²) in [4.78, 5) is 11.6. The molecule has 1 rings (SSSR count). The molecule has 102 valence electrons. The first-order chi connectivity index (χ1) is 8.29. The van der Waals surface area contributed by atoms with Crippen LogP contribution in [0.25, 0.3) is 0 Å². The molecule has 1 aromatic heterocycles. The highest BCUT2D eigenvalue weighted by Gasteiger charge is 2.27. The highest BCUT2D eigenvalue weighted by molar-refractivity contribution is 7.14. The zero-order valence-corrected chi connectivity index (χ0v) is 10.2. The van der Waals surface area contributed by atoms with Gasteiger partial charge in [0.05, 0.1) is 6.61 Å². The quantitative estimate of drug-likeness (QED) is 0.816. The summed E-state index contributed by atoms with van der Waals surface area (Å²) in [6.07, 6.45) is -4.37. The second kappa shape index (κ2) is 6.05. The largest absolute Gasteiger partial charge is 0.489 e. The summed E-state index contributed by atoms with van der Waals surface area (Å²) >= 11 is 1.05. The van der Waals surface area contributed by atoms with Crippen molar-refractivity contribution in [3.63, 3.8) is 0 Å². The van der Waals surface area contributed by atoms with Crippen LogP contribution >= 0.6 is 11.3 Å². The Kier molecular flexibility index (Phi) is 4.97. The van der Waals surface area contributed by atoms with Crippen molar-refractivity contribution in [2.45, 2.75) is 13.1 Å². The lowest BCUT2D eigenvalue weighted by molar-refractivity contribution is -0.175. The van der Waals surface area contributed by atoms with Gasteiger partial charge in [-0.25, -0.2) is 4.79 Å². The monoisotopic (exact) mass is 284 g/mol. The van der Waals surface area contributed by atoms with E-state index in [1.54, 1.807) is 6.92 Å². The van der Waals surface area contributed by atoms with Gasteiger partial charge in [-0.3, -0.25) is 0 Å². The third-order valence-electron chi connectivity index (χ3n) is 1.77. The first-order valence-electron chi connectivity index (χ1n) is 4.90. The Morgan fingerprint density at radius 3 is 2.67 bits per heavy atom. The number of halogens is 3. The van der Waals surface area contributed by atoms with Gasteiger partial charge < -0.3 is 14.6 Å². The molecule has 0 aliphatic heterocycles. The average Bonchev–Trinajstić information content (AvgIpc) is 2.57. The van der Waals surface area contributed by atoms with Gasteiger partial charge in [0, 0.05) is 4.88 Å². The van der Waals surface area contributed by atoms with Crippen molar-refractivity contribution in [3.8, 4) is 5.75 Å². The Balaban J connectivity index is 2.38. The lowest BCUT2D eigenvalue weighted by Gasteiger charge is -2.08. The van der Waals surface area contributed by atoms with Crippen LogP contribution in [0.15, 0.2) is 6.07 Å². The highest BCUT2D eigenvalue weighted by atomic mass is 32.1. The number of hydrogen-bond donors (Lipinski definition) is 1. The van der Waals surface area contributed by atoms with E-state index in [0.29, 0.717) is 0 Å². The molecule has 0 saturated heterocycles. The van der Waals surface area contributed by atoms with Gasteiger partial charge in [0.25, 0.3) is 0 Å². The van der Waals surface area contributed by atoms with E-state index in [2.05, 4.69) is 4.74 Å². The molecule has 18 heavy (non-hydrogen) atoms. The van der Waals surface area contributed by atoms with Gasteiger partial charge in [0.2, 0.25) is 0 Å². The molecule has 0 unspecified atom stereocenters. The van der Waals surface area contributed by atoms with Crippen LogP contribution in [0, 0.1) is 6.92 Å². The van der Waals surface area contributed by atoms with Crippen LogP contribution in [0.5, 0.6) is 5.75 Å². The number of carbonyl (C=O) groups is 1. The number of carboxylic acids is 1. The Bertz CT molecular complexity index is 414. The molecule has 8 heteroatoms. The maximum atomic E-state index is 11.7. The van der Waals surface area contributed by atoms with Crippen LogP contribution in [0.2, 0.25) is 0 Å². The number of aromatic carboxylic acids is 1. The van der Waals surface area contributed by atoms with E-state index < -0.39 is 18.8 Å². The number of carboxylic acid groups (broad SMARTS) is 1. The molecule has 0 spiro atoms. The third-order valence-corrected chi connectivity index (χ3v) is 2.79. The van der Waals surface area contributed by atoms with Crippen LogP contribution in [-0.2, 0) is 4.74 Å². The fourth-order valence-electron chi connectivity index (χ4n) is 1.15. The summed E-state index contributed by atoms with van der Waals surface area (Å²) < 4.78 is 44.6. The van der Waals surface area contributed by atoms with Crippen molar-refractivity contribution in [2.75, 3.05) is 19.8 Å². The molecule has 1 N–H and O–H groups in total. The van der Waals surface area contributed by atoms with E-state index in [0.717, 1.165) is 16.2 Å². The number of ether oxygens (including phenoxy) is 2. The van der Waals surface area contributed by atoms with Crippen LogP contribution in [0.3, 0.4) is 0 Å². The summed E-state index contributed by atoms with van der Waals surface area (Å²) in [6.45, 7) is -0.0189. The normalized spacial score (nSPS) is 11.6. The topological polar surface area (TPSA) is 55.8 Å². The second-order valence-electron chi connectivity index (χ2n) is 3.37. The van der Waals surface area contributed by atoms with Gasteiger partial charge in [-0.2, -0.15) is 13.2 Å². The molecule has 0 aromatic carbocycles. The van der Waals surface area contributed by atoms with Crippen LogP contribution in [0.4, 0.5) is 13.2 Å². The molecule has 0 aliphatic rings. The molecule has 0 amide bonds. The van der Waals surface area contributed by atoms with E-state index in [-0.39, 0.29) is 23.8 Å². The van der Waals surface area contributed by atoms with Crippen LogP contribution in [0.1, 0.15) is 14.5 Å². The Morgan fingerprint density at radius 1 is 1.44 bits per heavy atom. The molecule has 0 aliphatic carbocycles. The molecule has 4 nitrogen and oxygen atoms in total. The smallest absolute Gasteiger partial charge is 0.411 e. The minimum absolute atomic E-state index is 0.0309. The van der Waals surface area contributed by atoms with Gasteiger partial charge in [-0.1, -0.05) is 0 Å². The first-order valence-corrected chi connectivity index (χ1v) is 5.72. The Morgan fingerprint density at radius 2 is 2.11 bits per heavy atom. The highest BCUT2D eigenvalue weighted by Crippen LogP contribution is 2.28. The summed E-state index contributed by atoms with van der Waals surface area (Å²) in [5, 5.41) is 8.84. The molecule has 0 fully saturated rings. The molecule has 1 aromatic rings. The van der Waals surface area contributed by atoms with Gasteiger partial charge in [0.1, 0.15) is 19.0 Å². The number of alkyl halides is 3. The Hall–Kier alpha value is -1.28. The minimum atomic E-state index is -4.37. The maximum Gasteiger partial charge on any atom is 0.411 e. The zero-order chi connectivity index (χ0) is 13.8. The Labute approximate surface area is 105 Å². The van der Waals surface area contributed by atoms with Gasteiger partial charge >= 0.3 is 12.1 Å². The van der Waals surface area contributed by atoms with Gasteiger partial charge in [-0.15, -0.1) is 11.3 Å². The standard InChI is InChI=1S/C10H11F3O4S/c1-6-4-7(8(18-6)9(14)15)17-3-2-16-5-10(11,12)13/h4H,2-3,5H2,1H3,(H,14,15). The van der Waals surface area contributed by atoms with E-state index >= 15 is 0 Å². The predicted octanol–water partition coefficient (Wildman–Crippen LogP) is 2.71. The SMILES string of the molecule is Cc1cc(OCCOCC(F)(F)F)c(C(=O)O)s1. The van der Waals surface area contributed by atoms with E-state index in [1.165, 1.54) is 6.07 Å². The molecule has 0 bridgehead atoms. The molecule has 1 heterocycles. The molecule has 0 saturated carbocycles. The molecular formula is C10H11F3O4S. The predicted molar refractivity (Wildman–Crippen MR) is 58.4 cm³/mol. The summed E-state index contributed by atoms with van der Waals surface area (Å²) in [5.74, 6) is -0.972. The lowest BCUT2D eigenvalue weighted by atomic mass is 10.4. The molecule has 0 atom stereocenters.